The molecule has 0 saturated heterocycles. The van der Waals surface area contributed by atoms with E-state index in [1.807, 2.05) is 0 Å². The van der Waals surface area contributed by atoms with Gasteiger partial charge in [0, 0.05) is 0 Å². The van der Waals surface area contributed by atoms with Gasteiger partial charge >= 0.3 is 5.97 Å². The molecular weight excluding hydrogens is 154 g/mol. The summed E-state index contributed by atoms with van der Waals surface area (Å²) in [5, 5.41) is 8.79. The summed E-state index contributed by atoms with van der Waals surface area (Å²) in [6.45, 7) is 0.691. The smallest absolute Gasteiger partial charge is 0.306 e. The highest BCUT2D eigenvalue weighted by Gasteiger charge is 2.25. The van der Waals surface area contributed by atoms with Crippen LogP contribution in [0.5, 0.6) is 0 Å². The average molecular weight is 171 g/mol. The molecule has 2 atom stereocenters. The summed E-state index contributed by atoms with van der Waals surface area (Å²) >= 11 is 0. The number of hydrogen-bond donors (Lipinski definition) is 2. The molecule has 0 aromatic heterocycles. The van der Waals surface area contributed by atoms with Crippen LogP contribution in [0, 0.1) is 11.8 Å². The fourth-order valence-corrected chi connectivity index (χ4v) is 2.01. The Kier molecular flexibility index (Phi) is 3.53. The van der Waals surface area contributed by atoms with Crippen LogP contribution in [0.1, 0.15) is 32.1 Å². The summed E-state index contributed by atoms with van der Waals surface area (Å²) in [7, 11) is 0. The van der Waals surface area contributed by atoms with Gasteiger partial charge < -0.3 is 10.8 Å². The lowest BCUT2D eigenvalue weighted by molar-refractivity contribution is -0.143. The third-order valence-corrected chi connectivity index (χ3v) is 2.71. The Morgan fingerprint density at radius 1 is 1.50 bits per heavy atom. The number of rotatable bonds is 3. The Bertz CT molecular complexity index is 157. The molecule has 0 bridgehead atoms. The number of aliphatic carboxylic acids is 1. The molecule has 1 aliphatic rings. The lowest BCUT2D eigenvalue weighted by Crippen LogP contribution is -2.23. The standard InChI is InChI=1S/C9H17NO2/c10-5-4-7-2-1-3-8(6-7)9(11)12/h7-8H,1-6,10H2,(H,11,12)/t7-,8+/m1/s1. The van der Waals surface area contributed by atoms with Crippen LogP contribution < -0.4 is 5.73 Å². The summed E-state index contributed by atoms with van der Waals surface area (Å²) in [5.41, 5.74) is 5.43. The van der Waals surface area contributed by atoms with Gasteiger partial charge in [-0.05, 0) is 31.7 Å². The van der Waals surface area contributed by atoms with E-state index in [1.165, 1.54) is 6.42 Å². The third kappa shape index (κ3) is 2.48. The topological polar surface area (TPSA) is 63.3 Å². The number of carboxylic acids is 1. The van der Waals surface area contributed by atoms with Gasteiger partial charge in [-0.3, -0.25) is 4.79 Å². The molecule has 0 aromatic rings. The van der Waals surface area contributed by atoms with Crippen LogP contribution in [-0.2, 0) is 4.79 Å². The van der Waals surface area contributed by atoms with Crippen molar-refractivity contribution in [3.8, 4) is 0 Å². The van der Waals surface area contributed by atoms with Crippen molar-refractivity contribution in [2.45, 2.75) is 32.1 Å². The molecule has 1 aliphatic carbocycles. The Balaban J connectivity index is 2.35. The lowest BCUT2D eigenvalue weighted by atomic mass is 9.80. The lowest BCUT2D eigenvalue weighted by Gasteiger charge is -2.25. The zero-order chi connectivity index (χ0) is 8.97. The molecule has 1 rings (SSSR count). The van der Waals surface area contributed by atoms with Gasteiger partial charge in [-0.1, -0.05) is 12.8 Å². The Labute approximate surface area is 72.9 Å². The minimum absolute atomic E-state index is 0.102. The van der Waals surface area contributed by atoms with E-state index in [9.17, 15) is 4.79 Å². The SMILES string of the molecule is NCC[C@H]1CCC[C@H](C(=O)O)C1. The third-order valence-electron chi connectivity index (χ3n) is 2.71. The van der Waals surface area contributed by atoms with Gasteiger partial charge in [0.2, 0.25) is 0 Å². The van der Waals surface area contributed by atoms with Gasteiger partial charge in [0.1, 0.15) is 0 Å². The monoisotopic (exact) mass is 171 g/mol. The van der Waals surface area contributed by atoms with E-state index >= 15 is 0 Å². The highest BCUT2D eigenvalue weighted by atomic mass is 16.4. The zero-order valence-corrected chi connectivity index (χ0v) is 7.33. The van der Waals surface area contributed by atoms with Gasteiger partial charge in [0.15, 0.2) is 0 Å². The van der Waals surface area contributed by atoms with Crippen LogP contribution >= 0.6 is 0 Å². The summed E-state index contributed by atoms with van der Waals surface area (Å²) in [6, 6.07) is 0. The van der Waals surface area contributed by atoms with Crippen LogP contribution in [-0.4, -0.2) is 17.6 Å². The maximum Gasteiger partial charge on any atom is 0.306 e. The van der Waals surface area contributed by atoms with E-state index in [-0.39, 0.29) is 5.92 Å². The molecule has 0 unspecified atom stereocenters. The molecule has 0 spiro atoms. The summed E-state index contributed by atoms with van der Waals surface area (Å²) in [5.74, 6) is -0.170. The Morgan fingerprint density at radius 2 is 2.25 bits per heavy atom. The summed E-state index contributed by atoms with van der Waals surface area (Å²) in [6.07, 6.45) is 4.91. The van der Waals surface area contributed by atoms with Gasteiger partial charge in [0.05, 0.1) is 5.92 Å². The molecule has 0 amide bonds. The van der Waals surface area contributed by atoms with Gasteiger partial charge in [-0.25, -0.2) is 0 Å². The first-order chi connectivity index (χ1) is 5.74. The van der Waals surface area contributed by atoms with Crippen molar-refractivity contribution in [2.24, 2.45) is 17.6 Å². The second kappa shape index (κ2) is 4.45. The molecule has 12 heavy (non-hydrogen) atoms. The van der Waals surface area contributed by atoms with Crippen LogP contribution in [0.2, 0.25) is 0 Å². The van der Waals surface area contributed by atoms with Crippen molar-refractivity contribution in [3.63, 3.8) is 0 Å². The molecule has 0 radical (unpaired) electrons. The van der Waals surface area contributed by atoms with Crippen molar-refractivity contribution >= 4 is 5.97 Å². The van der Waals surface area contributed by atoms with E-state index in [2.05, 4.69) is 0 Å². The molecule has 0 aromatic carbocycles. The number of nitrogens with two attached hydrogens (primary N) is 1. The molecule has 1 fully saturated rings. The molecule has 3 nitrogen and oxygen atoms in total. The van der Waals surface area contributed by atoms with Crippen LogP contribution in [0.4, 0.5) is 0 Å². The molecule has 3 heteroatoms. The zero-order valence-electron chi connectivity index (χ0n) is 7.33. The first-order valence-corrected chi connectivity index (χ1v) is 4.67. The Morgan fingerprint density at radius 3 is 2.83 bits per heavy atom. The van der Waals surface area contributed by atoms with Gasteiger partial charge in [-0.2, -0.15) is 0 Å². The minimum Gasteiger partial charge on any atom is -0.481 e. The van der Waals surface area contributed by atoms with E-state index in [1.54, 1.807) is 0 Å². The van der Waals surface area contributed by atoms with Crippen molar-refractivity contribution in [1.82, 2.24) is 0 Å². The van der Waals surface area contributed by atoms with Crippen molar-refractivity contribution in [1.29, 1.82) is 0 Å². The quantitative estimate of drug-likeness (QED) is 0.671. The van der Waals surface area contributed by atoms with Crippen LogP contribution in [0.3, 0.4) is 0 Å². The van der Waals surface area contributed by atoms with E-state index < -0.39 is 5.97 Å². The predicted octanol–water partition coefficient (Wildman–Crippen LogP) is 1.23. The first-order valence-electron chi connectivity index (χ1n) is 4.67. The van der Waals surface area contributed by atoms with Crippen LogP contribution in [0.15, 0.2) is 0 Å². The molecule has 70 valence electrons. The fraction of sp³-hybridized carbons (Fsp3) is 0.889. The average Bonchev–Trinajstić information content (AvgIpc) is 2.05. The normalized spacial score (nSPS) is 30.1. The Hall–Kier alpha value is -0.570. The molecular formula is C9H17NO2. The summed E-state index contributed by atoms with van der Waals surface area (Å²) < 4.78 is 0. The first kappa shape index (κ1) is 9.52. The minimum atomic E-state index is -0.628. The molecule has 3 N–H and O–H groups in total. The fourth-order valence-electron chi connectivity index (χ4n) is 2.01. The summed E-state index contributed by atoms with van der Waals surface area (Å²) in [4.78, 5) is 10.7. The highest BCUT2D eigenvalue weighted by Crippen LogP contribution is 2.30. The molecule has 0 heterocycles. The van der Waals surface area contributed by atoms with E-state index in [0.29, 0.717) is 12.5 Å². The van der Waals surface area contributed by atoms with E-state index in [4.69, 9.17) is 10.8 Å². The number of carboxylic acid groups (broad SMARTS) is 1. The molecule has 0 aliphatic heterocycles. The van der Waals surface area contributed by atoms with E-state index in [0.717, 1.165) is 25.7 Å². The number of carbonyl (C=O) groups is 1. The van der Waals surface area contributed by atoms with Gasteiger partial charge in [0.25, 0.3) is 0 Å². The van der Waals surface area contributed by atoms with Crippen molar-refractivity contribution < 1.29 is 9.90 Å². The maximum absolute atomic E-state index is 10.7. The van der Waals surface area contributed by atoms with Crippen molar-refractivity contribution in [3.05, 3.63) is 0 Å². The van der Waals surface area contributed by atoms with Gasteiger partial charge in [-0.15, -0.1) is 0 Å². The predicted molar refractivity (Wildman–Crippen MR) is 46.8 cm³/mol. The second-order valence-corrected chi connectivity index (χ2v) is 3.65. The second-order valence-electron chi connectivity index (χ2n) is 3.65. The molecule has 1 saturated carbocycles. The van der Waals surface area contributed by atoms with Crippen molar-refractivity contribution in [2.75, 3.05) is 6.54 Å². The maximum atomic E-state index is 10.7. The highest BCUT2D eigenvalue weighted by molar-refractivity contribution is 5.70. The number of hydrogen-bond acceptors (Lipinski definition) is 2. The van der Waals surface area contributed by atoms with Crippen LogP contribution in [0.25, 0.3) is 0 Å². The largest absolute Gasteiger partial charge is 0.481 e.